The van der Waals surface area contributed by atoms with Crippen LogP contribution in [-0.4, -0.2) is 21.0 Å². The lowest BCUT2D eigenvalue weighted by Crippen LogP contribution is -2.06. The Hall–Kier alpha value is -2.23. The molecule has 86 valence electrons. The lowest BCUT2D eigenvalue weighted by Gasteiger charge is -2.09. The minimum absolute atomic E-state index is 0.119. The average Bonchev–Trinajstić information content (AvgIpc) is 2.38. The minimum Gasteiger partial charge on any atom is -0.477 e. The molecule has 0 fully saturated rings. The normalized spacial score (nSPS) is 10.2. The molecule has 0 aliphatic carbocycles. The van der Waals surface area contributed by atoms with Crippen molar-refractivity contribution in [1.29, 1.82) is 0 Å². The van der Waals surface area contributed by atoms with E-state index in [0.29, 0.717) is 6.42 Å². The van der Waals surface area contributed by atoms with Gasteiger partial charge in [0.2, 0.25) is 0 Å². The van der Waals surface area contributed by atoms with Crippen LogP contribution in [0.1, 0.15) is 23.0 Å². The van der Waals surface area contributed by atoms with Crippen LogP contribution in [0.5, 0.6) is 0 Å². The van der Waals surface area contributed by atoms with Gasteiger partial charge in [0.15, 0.2) is 5.69 Å². The monoisotopic (exact) mass is 228 g/mol. The molecule has 0 bridgehead atoms. The summed E-state index contributed by atoms with van der Waals surface area (Å²) >= 11 is 0. The van der Waals surface area contributed by atoms with Crippen LogP contribution >= 0.6 is 0 Å². The molecule has 0 saturated carbocycles. The predicted molar refractivity (Wildman–Crippen MR) is 63.8 cm³/mol. The smallest absolute Gasteiger partial charge is 0.354 e. The fraction of sp³-hybridized carbons (Fsp3) is 0.154. The Bertz CT molecular complexity index is 538. The summed E-state index contributed by atoms with van der Waals surface area (Å²) in [6.07, 6.45) is 5.55. The van der Waals surface area contributed by atoms with Crippen molar-refractivity contribution in [2.45, 2.75) is 13.3 Å². The molecule has 4 heteroatoms. The number of aromatic carboxylic acids is 1. The van der Waals surface area contributed by atoms with Gasteiger partial charge >= 0.3 is 5.97 Å². The molecule has 0 amide bonds. The van der Waals surface area contributed by atoms with E-state index in [1.807, 2.05) is 25.1 Å². The highest BCUT2D eigenvalue weighted by Gasteiger charge is 2.14. The van der Waals surface area contributed by atoms with E-state index in [2.05, 4.69) is 9.97 Å². The molecule has 1 N–H and O–H groups in total. The molecule has 0 atom stereocenters. The summed E-state index contributed by atoms with van der Waals surface area (Å²) in [5, 5.41) is 9.09. The van der Waals surface area contributed by atoms with E-state index >= 15 is 0 Å². The molecule has 17 heavy (non-hydrogen) atoms. The third-order valence-corrected chi connectivity index (χ3v) is 2.58. The highest BCUT2D eigenvalue weighted by molar-refractivity contribution is 5.89. The molecule has 0 aliphatic heterocycles. The van der Waals surface area contributed by atoms with Crippen LogP contribution in [-0.2, 0) is 6.42 Å². The van der Waals surface area contributed by atoms with Crippen molar-refractivity contribution in [1.82, 2.24) is 9.97 Å². The molecule has 0 spiro atoms. The maximum atomic E-state index is 11.1. The topological polar surface area (TPSA) is 63.1 Å². The van der Waals surface area contributed by atoms with Crippen LogP contribution in [0.25, 0.3) is 11.1 Å². The van der Waals surface area contributed by atoms with Gasteiger partial charge in [0.25, 0.3) is 0 Å². The van der Waals surface area contributed by atoms with Crippen LogP contribution < -0.4 is 0 Å². The number of rotatable bonds is 3. The molecule has 0 aliphatic rings. The second-order valence-electron chi connectivity index (χ2n) is 3.59. The molecule has 0 radical (unpaired) electrons. The summed E-state index contributed by atoms with van der Waals surface area (Å²) in [4.78, 5) is 19.0. The Labute approximate surface area is 99.0 Å². The zero-order valence-electron chi connectivity index (χ0n) is 9.42. The van der Waals surface area contributed by atoms with Gasteiger partial charge in [-0.2, -0.15) is 0 Å². The fourth-order valence-corrected chi connectivity index (χ4v) is 1.83. The Morgan fingerprint density at radius 3 is 2.76 bits per heavy atom. The number of nitrogens with zero attached hydrogens (tertiary/aromatic N) is 2. The van der Waals surface area contributed by atoms with Crippen molar-refractivity contribution in [3.8, 4) is 11.1 Å². The van der Waals surface area contributed by atoms with E-state index in [1.165, 1.54) is 6.20 Å². The van der Waals surface area contributed by atoms with Gasteiger partial charge in [0, 0.05) is 24.2 Å². The number of carboxylic acid groups (broad SMARTS) is 1. The van der Waals surface area contributed by atoms with Crippen molar-refractivity contribution in [2.24, 2.45) is 0 Å². The van der Waals surface area contributed by atoms with Crippen molar-refractivity contribution in [3.05, 3.63) is 48.0 Å². The van der Waals surface area contributed by atoms with E-state index in [0.717, 1.165) is 16.7 Å². The highest BCUT2D eigenvalue weighted by atomic mass is 16.4. The summed E-state index contributed by atoms with van der Waals surface area (Å²) in [6, 6.07) is 5.56. The molecule has 0 aromatic carbocycles. The zero-order chi connectivity index (χ0) is 12.3. The van der Waals surface area contributed by atoms with Crippen molar-refractivity contribution in [3.63, 3.8) is 0 Å². The number of aromatic nitrogens is 2. The van der Waals surface area contributed by atoms with Crippen molar-refractivity contribution < 1.29 is 9.90 Å². The summed E-state index contributed by atoms with van der Waals surface area (Å²) in [6.45, 7) is 1.92. The molecular formula is C13H12N2O2. The highest BCUT2D eigenvalue weighted by Crippen LogP contribution is 2.24. The average molecular weight is 228 g/mol. The molecular weight excluding hydrogens is 216 g/mol. The number of pyridine rings is 2. The third-order valence-electron chi connectivity index (χ3n) is 2.58. The molecule has 2 aromatic rings. The first-order valence-electron chi connectivity index (χ1n) is 5.35. The Kier molecular flexibility index (Phi) is 3.14. The van der Waals surface area contributed by atoms with Gasteiger partial charge in [-0.25, -0.2) is 9.78 Å². The lowest BCUT2D eigenvalue weighted by molar-refractivity contribution is 0.0689. The first-order valence-corrected chi connectivity index (χ1v) is 5.35. The van der Waals surface area contributed by atoms with E-state index in [4.69, 9.17) is 5.11 Å². The number of hydrogen-bond donors (Lipinski definition) is 1. The van der Waals surface area contributed by atoms with Crippen LogP contribution in [0.3, 0.4) is 0 Å². The quantitative estimate of drug-likeness (QED) is 0.876. The van der Waals surface area contributed by atoms with Crippen LogP contribution in [0, 0.1) is 0 Å². The molecule has 2 rings (SSSR count). The minimum atomic E-state index is -0.993. The Balaban J connectivity index is 2.63. The summed E-state index contributed by atoms with van der Waals surface area (Å²) < 4.78 is 0. The SMILES string of the molecule is CCc1c(-c2cccnc2)ccnc1C(=O)O. The molecule has 0 unspecified atom stereocenters. The van der Waals surface area contributed by atoms with Gasteiger partial charge in [-0.05, 0) is 29.7 Å². The maximum absolute atomic E-state index is 11.1. The van der Waals surface area contributed by atoms with Crippen LogP contribution in [0.2, 0.25) is 0 Å². The fourth-order valence-electron chi connectivity index (χ4n) is 1.83. The van der Waals surface area contributed by atoms with Crippen LogP contribution in [0.4, 0.5) is 0 Å². The largest absolute Gasteiger partial charge is 0.477 e. The van der Waals surface area contributed by atoms with Crippen molar-refractivity contribution >= 4 is 5.97 Å². The second kappa shape index (κ2) is 4.74. The Morgan fingerprint density at radius 2 is 2.18 bits per heavy atom. The number of carbonyl (C=O) groups is 1. The standard InChI is InChI=1S/C13H12N2O2/c1-2-10-11(9-4-3-6-14-8-9)5-7-15-12(10)13(16)17/h3-8H,2H2,1H3,(H,16,17). The third kappa shape index (κ3) is 2.15. The summed E-state index contributed by atoms with van der Waals surface area (Å²) in [7, 11) is 0. The van der Waals surface area contributed by atoms with Gasteiger partial charge < -0.3 is 5.11 Å². The van der Waals surface area contributed by atoms with E-state index in [-0.39, 0.29) is 5.69 Å². The molecule has 2 aromatic heterocycles. The van der Waals surface area contributed by atoms with Gasteiger partial charge in [-0.3, -0.25) is 4.98 Å². The number of hydrogen-bond acceptors (Lipinski definition) is 3. The van der Waals surface area contributed by atoms with Gasteiger partial charge in [-0.15, -0.1) is 0 Å². The van der Waals surface area contributed by atoms with Gasteiger partial charge in [-0.1, -0.05) is 13.0 Å². The van der Waals surface area contributed by atoms with Gasteiger partial charge in [0.05, 0.1) is 0 Å². The van der Waals surface area contributed by atoms with Crippen LogP contribution in [0.15, 0.2) is 36.8 Å². The first kappa shape index (κ1) is 11.3. The van der Waals surface area contributed by atoms with E-state index < -0.39 is 5.97 Å². The lowest BCUT2D eigenvalue weighted by atomic mass is 9.98. The summed E-state index contributed by atoms with van der Waals surface area (Å²) in [5.41, 5.74) is 2.66. The molecule has 2 heterocycles. The van der Waals surface area contributed by atoms with Gasteiger partial charge in [0.1, 0.15) is 0 Å². The molecule has 4 nitrogen and oxygen atoms in total. The first-order chi connectivity index (χ1) is 8.24. The Morgan fingerprint density at radius 1 is 1.35 bits per heavy atom. The second-order valence-corrected chi connectivity index (χ2v) is 3.59. The zero-order valence-corrected chi connectivity index (χ0v) is 9.42. The van der Waals surface area contributed by atoms with Crippen molar-refractivity contribution in [2.75, 3.05) is 0 Å². The predicted octanol–water partition coefficient (Wildman–Crippen LogP) is 2.40. The maximum Gasteiger partial charge on any atom is 0.354 e. The van der Waals surface area contributed by atoms with E-state index in [9.17, 15) is 4.79 Å². The van der Waals surface area contributed by atoms with E-state index in [1.54, 1.807) is 12.4 Å². The number of carboxylic acids is 1. The molecule has 0 saturated heterocycles. The summed E-state index contributed by atoms with van der Waals surface area (Å²) in [5.74, 6) is -0.993.